The van der Waals surface area contributed by atoms with Gasteiger partial charge >= 0.3 is 0 Å². The summed E-state index contributed by atoms with van der Waals surface area (Å²) in [5.41, 5.74) is 0.857. The molecule has 2 saturated heterocycles. The molecule has 0 aromatic heterocycles. The molecule has 1 N–H and O–H groups in total. The van der Waals surface area contributed by atoms with Crippen LogP contribution in [0.4, 0.5) is 5.69 Å². The molecule has 2 atom stereocenters. The number of sulfone groups is 1. The molecule has 2 aliphatic heterocycles. The van der Waals surface area contributed by atoms with Gasteiger partial charge in [0.1, 0.15) is 5.75 Å². The van der Waals surface area contributed by atoms with Gasteiger partial charge in [-0.05, 0) is 31.2 Å². The number of rotatable bonds is 3. The summed E-state index contributed by atoms with van der Waals surface area (Å²) in [6, 6.07) is 7.36. The second-order valence-electron chi connectivity index (χ2n) is 4.90. The number of nitrogens with one attached hydrogen (secondary N) is 1. The van der Waals surface area contributed by atoms with Crippen LogP contribution in [-0.4, -0.2) is 43.0 Å². The number of nitrogens with zero attached hydrogens (tertiary/aromatic N) is 1. The number of ether oxygens (including phenoxy) is 1. The first-order valence-corrected chi connectivity index (χ1v) is 9.18. The number of amidine groups is 1. The molecule has 0 spiro atoms. The second kappa shape index (κ2) is 4.96. The van der Waals surface area contributed by atoms with E-state index in [-0.39, 0.29) is 22.8 Å². The third-order valence-corrected chi connectivity index (χ3v) is 6.64. The summed E-state index contributed by atoms with van der Waals surface area (Å²) >= 11 is 1.35. The molecule has 3 rings (SSSR count). The molecular weight excluding hydrogens is 296 g/mol. The van der Waals surface area contributed by atoms with Crippen molar-refractivity contribution in [3.05, 3.63) is 24.3 Å². The van der Waals surface area contributed by atoms with Gasteiger partial charge in [-0.3, -0.25) is 5.41 Å². The molecule has 0 radical (unpaired) electrons. The quantitative estimate of drug-likeness (QED) is 0.920. The minimum absolute atomic E-state index is 0.0148. The van der Waals surface area contributed by atoms with Gasteiger partial charge in [0, 0.05) is 10.9 Å². The molecule has 20 heavy (non-hydrogen) atoms. The molecule has 108 valence electrons. The van der Waals surface area contributed by atoms with Gasteiger partial charge in [0.05, 0.1) is 24.2 Å². The number of fused-ring (bicyclic) bond motifs is 1. The molecule has 0 aliphatic carbocycles. The maximum absolute atomic E-state index is 11.7. The average Bonchev–Trinajstić information content (AvgIpc) is 2.81. The molecule has 2 aliphatic rings. The normalized spacial score (nSPS) is 27.6. The summed E-state index contributed by atoms with van der Waals surface area (Å²) in [5.74, 6) is 1.10. The maximum Gasteiger partial charge on any atom is 0.161 e. The van der Waals surface area contributed by atoms with Crippen molar-refractivity contribution in [2.24, 2.45) is 0 Å². The third kappa shape index (κ3) is 2.40. The summed E-state index contributed by atoms with van der Waals surface area (Å²) in [5, 5.41) is 8.48. The van der Waals surface area contributed by atoms with Crippen LogP contribution in [0.1, 0.15) is 6.92 Å². The third-order valence-electron chi connectivity index (χ3n) is 3.51. The molecule has 0 unspecified atom stereocenters. The van der Waals surface area contributed by atoms with Crippen LogP contribution in [0, 0.1) is 5.41 Å². The van der Waals surface area contributed by atoms with Crippen LogP contribution >= 0.6 is 11.8 Å². The molecule has 0 saturated carbocycles. The largest absolute Gasteiger partial charge is 0.494 e. The van der Waals surface area contributed by atoms with Crippen LogP contribution in [0.2, 0.25) is 0 Å². The van der Waals surface area contributed by atoms with Crippen molar-refractivity contribution in [3.63, 3.8) is 0 Å². The zero-order valence-electron chi connectivity index (χ0n) is 11.1. The van der Waals surface area contributed by atoms with Crippen molar-refractivity contribution >= 4 is 32.5 Å². The molecule has 5 nitrogen and oxygen atoms in total. The molecule has 0 bridgehead atoms. The van der Waals surface area contributed by atoms with Crippen molar-refractivity contribution in [1.29, 1.82) is 5.41 Å². The molecule has 2 heterocycles. The van der Waals surface area contributed by atoms with Gasteiger partial charge < -0.3 is 9.64 Å². The molecule has 0 amide bonds. The lowest BCUT2D eigenvalue weighted by Gasteiger charge is -2.24. The van der Waals surface area contributed by atoms with E-state index in [2.05, 4.69) is 0 Å². The Labute approximate surface area is 122 Å². The molecule has 2 fully saturated rings. The zero-order valence-corrected chi connectivity index (χ0v) is 12.7. The van der Waals surface area contributed by atoms with Gasteiger partial charge in [-0.25, -0.2) is 8.42 Å². The molecule has 7 heteroatoms. The van der Waals surface area contributed by atoms with Gasteiger partial charge in [-0.1, -0.05) is 11.8 Å². The van der Waals surface area contributed by atoms with Crippen LogP contribution in [-0.2, 0) is 9.84 Å². The number of thioether (sulfide) groups is 1. The maximum atomic E-state index is 11.7. The number of benzene rings is 1. The van der Waals surface area contributed by atoms with Crippen molar-refractivity contribution in [3.8, 4) is 5.75 Å². The summed E-state index contributed by atoms with van der Waals surface area (Å²) in [7, 11) is -2.97. The van der Waals surface area contributed by atoms with Gasteiger partial charge in [0.15, 0.2) is 15.0 Å². The molecule has 1 aromatic rings. The number of hydrogen-bond donors (Lipinski definition) is 1. The van der Waals surface area contributed by atoms with E-state index in [9.17, 15) is 8.42 Å². The van der Waals surface area contributed by atoms with E-state index in [1.54, 1.807) is 0 Å². The summed E-state index contributed by atoms with van der Waals surface area (Å²) < 4.78 is 28.9. The predicted octanol–water partition coefficient (Wildman–Crippen LogP) is 1.74. The highest BCUT2D eigenvalue weighted by atomic mass is 32.2. The Morgan fingerprint density at radius 3 is 2.70 bits per heavy atom. The molecular formula is C13H16N2O3S2. The highest BCUT2D eigenvalue weighted by Gasteiger charge is 2.48. The van der Waals surface area contributed by atoms with Gasteiger partial charge in [-0.15, -0.1) is 0 Å². The van der Waals surface area contributed by atoms with Gasteiger partial charge in [0.25, 0.3) is 0 Å². The first kappa shape index (κ1) is 13.8. The van der Waals surface area contributed by atoms with E-state index in [4.69, 9.17) is 10.1 Å². The summed E-state index contributed by atoms with van der Waals surface area (Å²) in [6.07, 6.45) is 0. The standard InChI is InChI=1S/C13H16N2O3S2/c1-2-18-10-5-3-9(4-6-10)15-11-7-20(16,17)8-12(11)19-13(15)14/h3-6,11-12,14H,2,7-8H2,1H3/t11-,12-/m0/s1. The van der Waals surface area contributed by atoms with Crippen LogP contribution in [0.3, 0.4) is 0 Å². The lowest BCUT2D eigenvalue weighted by atomic mass is 10.2. The van der Waals surface area contributed by atoms with E-state index in [1.807, 2.05) is 36.1 Å². The topological polar surface area (TPSA) is 70.5 Å². The lowest BCUT2D eigenvalue weighted by molar-refractivity contribution is 0.340. The van der Waals surface area contributed by atoms with Crippen molar-refractivity contribution in [1.82, 2.24) is 0 Å². The summed E-state index contributed by atoms with van der Waals surface area (Å²) in [6.45, 7) is 2.53. The smallest absolute Gasteiger partial charge is 0.161 e. The van der Waals surface area contributed by atoms with E-state index in [1.165, 1.54) is 11.8 Å². The van der Waals surface area contributed by atoms with E-state index in [0.717, 1.165) is 11.4 Å². The second-order valence-corrected chi connectivity index (χ2v) is 8.28. The van der Waals surface area contributed by atoms with Crippen LogP contribution in [0.25, 0.3) is 0 Å². The fourth-order valence-electron chi connectivity index (χ4n) is 2.68. The SMILES string of the molecule is CCOc1ccc(N2C(=N)S[C@H]3CS(=O)(=O)C[C@@H]32)cc1. The Morgan fingerprint density at radius 2 is 2.05 bits per heavy atom. The van der Waals surface area contributed by atoms with Crippen molar-refractivity contribution in [2.45, 2.75) is 18.2 Å². The van der Waals surface area contributed by atoms with E-state index >= 15 is 0 Å². The zero-order chi connectivity index (χ0) is 14.3. The highest BCUT2D eigenvalue weighted by molar-refractivity contribution is 8.15. The van der Waals surface area contributed by atoms with Crippen LogP contribution in [0.5, 0.6) is 5.75 Å². The monoisotopic (exact) mass is 312 g/mol. The Kier molecular flexibility index (Phi) is 3.41. The number of hydrogen-bond acceptors (Lipinski definition) is 5. The minimum Gasteiger partial charge on any atom is -0.494 e. The Hall–Kier alpha value is -1.21. The fraction of sp³-hybridized carbons (Fsp3) is 0.462. The van der Waals surface area contributed by atoms with E-state index < -0.39 is 9.84 Å². The lowest BCUT2D eigenvalue weighted by Crippen LogP contribution is -2.37. The Balaban J connectivity index is 1.87. The predicted molar refractivity (Wildman–Crippen MR) is 81.6 cm³/mol. The Morgan fingerprint density at radius 1 is 1.35 bits per heavy atom. The Bertz CT molecular complexity index is 628. The fourth-order valence-corrected chi connectivity index (χ4v) is 6.47. The first-order chi connectivity index (χ1) is 9.50. The minimum atomic E-state index is -2.97. The van der Waals surface area contributed by atoms with Crippen LogP contribution < -0.4 is 9.64 Å². The van der Waals surface area contributed by atoms with Crippen molar-refractivity contribution < 1.29 is 13.2 Å². The van der Waals surface area contributed by atoms with E-state index in [0.29, 0.717) is 11.8 Å². The highest BCUT2D eigenvalue weighted by Crippen LogP contribution is 2.40. The average molecular weight is 312 g/mol. The summed E-state index contributed by atoms with van der Waals surface area (Å²) in [4.78, 5) is 1.83. The van der Waals surface area contributed by atoms with Gasteiger partial charge in [-0.2, -0.15) is 0 Å². The van der Waals surface area contributed by atoms with Crippen LogP contribution in [0.15, 0.2) is 24.3 Å². The van der Waals surface area contributed by atoms with Crippen molar-refractivity contribution in [2.75, 3.05) is 23.0 Å². The molecule has 1 aromatic carbocycles. The van der Waals surface area contributed by atoms with Gasteiger partial charge in [0.2, 0.25) is 0 Å². The number of anilines is 1. The first-order valence-electron chi connectivity index (χ1n) is 6.48.